The van der Waals surface area contributed by atoms with E-state index in [0.717, 1.165) is 22.4 Å². The van der Waals surface area contributed by atoms with Crippen LogP contribution >= 0.6 is 0 Å². The SMILES string of the molecule is CN1C(=O)Cc2cc(C(=O)Nc3cc(-c4ccccc4)ccc3N)ccc21. The summed E-state index contributed by atoms with van der Waals surface area (Å²) < 4.78 is 0. The van der Waals surface area contributed by atoms with E-state index in [1.165, 1.54) is 0 Å². The number of benzene rings is 3. The fourth-order valence-electron chi connectivity index (χ4n) is 3.28. The van der Waals surface area contributed by atoms with Gasteiger partial charge in [0.15, 0.2) is 0 Å². The van der Waals surface area contributed by atoms with Crippen LogP contribution in [-0.4, -0.2) is 18.9 Å². The van der Waals surface area contributed by atoms with Gasteiger partial charge in [-0.1, -0.05) is 36.4 Å². The molecule has 5 nitrogen and oxygen atoms in total. The minimum atomic E-state index is -0.253. The zero-order valence-electron chi connectivity index (χ0n) is 14.9. The molecule has 134 valence electrons. The van der Waals surface area contributed by atoms with Crippen LogP contribution in [0, 0.1) is 0 Å². The molecule has 1 aliphatic rings. The highest BCUT2D eigenvalue weighted by Gasteiger charge is 2.24. The Bertz CT molecular complexity index is 1040. The van der Waals surface area contributed by atoms with E-state index in [4.69, 9.17) is 5.73 Å². The number of nitrogens with one attached hydrogen (secondary N) is 1. The maximum absolute atomic E-state index is 12.7. The molecule has 0 spiro atoms. The minimum Gasteiger partial charge on any atom is -0.397 e. The molecule has 2 amide bonds. The molecule has 0 saturated heterocycles. The number of hydrogen-bond donors (Lipinski definition) is 2. The van der Waals surface area contributed by atoms with Gasteiger partial charge in [-0.25, -0.2) is 0 Å². The Balaban J connectivity index is 1.60. The van der Waals surface area contributed by atoms with E-state index in [1.807, 2.05) is 42.5 Å². The lowest BCUT2D eigenvalue weighted by atomic mass is 10.0. The van der Waals surface area contributed by atoms with Crippen LogP contribution in [0.2, 0.25) is 0 Å². The number of carbonyl (C=O) groups is 2. The second kappa shape index (κ2) is 6.61. The van der Waals surface area contributed by atoms with E-state index in [2.05, 4.69) is 5.32 Å². The van der Waals surface area contributed by atoms with Crippen molar-refractivity contribution in [3.05, 3.63) is 77.9 Å². The molecule has 0 bridgehead atoms. The maximum atomic E-state index is 12.7. The van der Waals surface area contributed by atoms with E-state index >= 15 is 0 Å². The topological polar surface area (TPSA) is 75.4 Å². The number of amides is 2. The molecule has 0 aliphatic carbocycles. The second-order valence-electron chi connectivity index (χ2n) is 6.60. The lowest BCUT2D eigenvalue weighted by Gasteiger charge is -2.12. The molecule has 0 saturated carbocycles. The predicted molar refractivity (Wildman–Crippen MR) is 108 cm³/mol. The fraction of sp³-hybridized carbons (Fsp3) is 0.0909. The number of nitrogens with zero attached hydrogens (tertiary/aromatic N) is 1. The Kier molecular flexibility index (Phi) is 4.12. The summed E-state index contributed by atoms with van der Waals surface area (Å²) in [7, 11) is 1.74. The van der Waals surface area contributed by atoms with Crippen molar-refractivity contribution in [3.63, 3.8) is 0 Å². The third kappa shape index (κ3) is 3.15. The molecule has 27 heavy (non-hydrogen) atoms. The van der Waals surface area contributed by atoms with E-state index in [1.54, 1.807) is 36.2 Å². The van der Waals surface area contributed by atoms with Crippen molar-refractivity contribution in [2.75, 3.05) is 23.0 Å². The Morgan fingerprint density at radius 2 is 1.78 bits per heavy atom. The van der Waals surface area contributed by atoms with Gasteiger partial charge in [0.2, 0.25) is 5.91 Å². The third-order valence-corrected chi connectivity index (χ3v) is 4.83. The summed E-state index contributed by atoms with van der Waals surface area (Å²) in [6, 6.07) is 20.8. The first-order chi connectivity index (χ1) is 13.0. The predicted octanol–water partition coefficient (Wildman–Crippen LogP) is 3.71. The monoisotopic (exact) mass is 357 g/mol. The third-order valence-electron chi connectivity index (χ3n) is 4.83. The van der Waals surface area contributed by atoms with Gasteiger partial charge in [-0.05, 0) is 47.0 Å². The molecule has 4 rings (SSSR count). The van der Waals surface area contributed by atoms with Crippen LogP contribution in [0.25, 0.3) is 11.1 Å². The fourth-order valence-corrected chi connectivity index (χ4v) is 3.28. The summed E-state index contributed by atoms with van der Waals surface area (Å²) in [6.45, 7) is 0. The first-order valence-electron chi connectivity index (χ1n) is 8.69. The summed E-state index contributed by atoms with van der Waals surface area (Å²) >= 11 is 0. The number of anilines is 3. The number of likely N-dealkylation sites (N-methyl/N-ethyl adjacent to an activating group) is 1. The molecule has 0 aromatic heterocycles. The van der Waals surface area contributed by atoms with Crippen LogP contribution in [0.1, 0.15) is 15.9 Å². The van der Waals surface area contributed by atoms with Crippen LogP contribution in [0.3, 0.4) is 0 Å². The average molecular weight is 357 g/mol. The number of carbonyl (C=O) groups excluding carboxylic acids is 2. The Hall–Kier alpha value is -3.60. The maximum Gasteiger partial charge on any atom is 0.255 e. The van der Waals surface area contributed by atoms with Crippen molar-refractivity contribution >= 4 is 28.9 Å². The Morgan fingerprint density at radius 1 is 1.00 bits per heavy atom. The van der Waals surface area contributed by atoms with Crippen molar-refractivity contribution in [2.24, 2.45) is 0 Å². The number of fused-ring (bicyclic) bond motifs is 1. The molecule has 0 unspecified atom stereocenters. The Morgan fingerprint density at radius 3 is 2.56 bits per heavy atom. The van der Waals surface area contributed by atoms with Gasteiger partial charge in [0.25, 0.3) is 5.91 Å². The van der Waals surface area contributed by atoms with Crippen LogP contribution in [0.15, 0.2) is 66.7 Å². The molecule has 0 fully saturated rings. The van der Waals surface area contributed by atoms with Crippen molar-refractivity contribution in [2.45, 2.75) is 6.42 Å². The summed E-state index contributed by atoms with van der Waals surface area (Å²) in [5, 5.41) is 2.89. The normalized spacial score (nSPS) is 12.8. The van der Waals surface area contributed by atoms with Crippen molar-refractivity contribution in [1.82, 2.24) is 0 Å². The number of nitrogen functional groups attached to an aromatic ring is 1. The second-order valence-corrected chi connectivity index (χ2v) is 6.60. The van der Waals surface area contributed by atoms with E-state index < -0.39 is 0 Å². The van der Waals surface area contributed by atoms with Gasteiger partial charge in [-0.15, -0.1) is 0 Å². The molecule has 1 heterocycles. The van der Waals surface area contributed by atoms with Crippen LogP contribution in [-0.2, 0) is 11.2 Å². The first kappa shape index (κ1) is 16.8. The standard InChI is InChI=1S/C22H19N3O2/c1-25-20-10-8-16(11-17(20)13-21(25)26)22(27)24-19-12-15(7-9-18(19)23)14-5-3-2-4-6-14/h2-12H,13,23H2,1H3,(H,24,27). The van der Waals surface area contributed by atoms with Gasteiger partial charge < -0.3 is 16.0 Å². The van der Waals surface area contributed by atoms with Crippen LogP contribution in [0.4, 0.5) is 17.1 Å². The molecule has 3 aromatic rings. The molecule has 1 aliphatic heterocycles. The molecular formula is C22H19N3O2. The average Bonchev–Trinajstić information content (AvgIpc) is 2.97. The van der Waals surface area contributed by atoms with Crippen molar-refractivity contribution in [3.8, 4) is 11.1 Å². The molecule has 0 atom stereocenters. The van der Waals surface area contributed by atoms with E-state index in [0.29, 0.717) is 23.4 Å². The smallest absolute Gasteiger partial charge is 0.255 e. The Labute approximate surface area is 157 Å². The highest BCUT2D eigenvalue weighted by Crippen LogP contribution is 2.30. The highest BCUT2D eigenvalue weighted by molar-refractivity contribution is 6.08. The summed E-state index contributed by atoms with van der Waals surface area (Å²) in [4.78, 5) is 26.2. The molecule has 3 aromatic carbocycles. The lowest BCUT2D eigenvalue weighted by Crippen LogP contribution is -2.20. The summed E-state index contributed by atoms with van der Waals surface area (Å²) in [6.07, 6.45) is 0.318. The number of hydrogen-bond acceptors (Lipinski definition) is 3. The van der Waals surface area contributed by atoms with Gasteiger partial charge in [0.1, 0.15) is 0 Å². The largest absolute Gasteiger partial charge is 0.397 e. The lowest BCUT2D eigenvalue weighted by molar-refractivity contribution is -0.117. The van der Waals surface area contributed by atoms with Gasteiger partial charge in [0, 0.05) is 18.3 Å². The molecular weight excluding hydrogens is 338 g/mol. The zero-order valence-corrected chi connectivity index (χ0v) is 14.9. The number of rotatable bonds is 3. The van der Waals surface area contributed by atoms with Crippen LogP contribution in [0.5, 0.6) is 0 Å². The van der Waals surface area contributed by atoms with Gasteiger partial charge in [0.05, 0.1) is 17.8 Å². The minimum absolute atomic E-state index is 0.0300. The van der Waals surface area contributed by atoms with Gasteiger partial charge in [-0.2, -0.15) is 0 Å². The zero-order chi connectivity index (χ0) is 19.0. The highest BCUT2D eigenvalue weighted by atomic mass is 16.2. The van der Waals surface area contributed by atoms with Crippen molar-refractivity contribution < 1.29 is 9.59 Å². The van der Waals surface area contributed by atoms with Gasteiger partial charge in [-0.3, -0.25) is 9.59 Å². The quantitative estimate of drug-likeness (QED) is 0.702. The summed E-state index contributed by atoms with van der Waals surface area (Å²) in [5.74, 6) is -0.223. The van der Waals surface area contributed by atoms with Crippen molar-refractivity contribution in [1.29, 1.82) is 0 Å². The molecule has 5 heteroatoms. The van der Waals surface area contributed by atoms with Crippen LogP contribution < -0.4 is 16.0 Å². The number of nitrogens with two attached hydrogens (primary N) is 1. The van der Waals surface area contributed by atoms with E-state index in [-0.39, 0.29) is 11.8 Å². The van der Waals surface area contributed by atoms with E-state index in [9.17, 15) is 9.59 Å². The summed E-state index contributed by atoms with van der Waals surface area (Å²) in [5.41, 5.74) is 11.4. The molecule has 0 radical (unpaired) electrons. The molecule has 3 N–H and O–H groups in total. The van der Waals surface area contributed by atoms with Gasteiger partial charge >= 0.3 is 0 Å². The first-order valence-corrected chi connectivity index (χ1v) is 8.69.